The molecule has 0 aliphatic carbocycles. The summed E-state index contributed by atoms with van der Waals surface area (Å²) in [4.78, 5) is 8.44. The minimum absolute atomic E-state index is 0.229. The molecule has 0 unspecified atom stereocenters. The highest BCUT2D eigenvalue weighted by Gasteiger charge is 2.09. The van der Waals surface area contributed by atoms with Gasteiger partial charge >= 0.3 is 0 Å². The van der Waals surface area contributed by atoms with Crippen LogP contribution < -0.4 is 0 Å². The van der Waals surface area contributed by atoms with Crippen LogP contribution in [-0.4, -0.2) is 31.8 Å². The monoisotopic (exact) mass is 256 g/mol. The van der Waals surface area contributed by atoms with Crippen molar-refractivity contribution in [2.24, 2.45) is 0 Å². The summed E-state index contributed by atoms with van der Waals surface area (Å²) < 4.78 is 6.69. The maximum atomic E-state index is 9.33. The smallest absolute Gasteiger partial charge is 0.253 e. The van der Waals surface area contributed by atoms with Crippen LogP contribution in [0.15, 0.2) is 36.5 Å². The summed E-state index contributed by atoms with van der Waals surface area (Å²) in [6.45, 7) is 0.346. The first-order chi connectivity index (χ1) is 9.28. The zero-order valence-electron chi connectivity index (χ0n) is 10.3. The van der Waals surface area contributed by atoms with Gasteiger partial charge in [0, 0.05) is 18.9 Å². The van der Waals surface area contributed by atoms with Gasteiger partial charge in [-0.15, -0.1) is 5.10 Å². The largest absolute Gasteiger partial charge is 0.508 e. The average Bonchev–Trinajstić information content (AvgIpc) is 2.82. The highest BCUT2D eigenvalue weighted by molar-refractivity contribution is 5.62. The molecule has 2 heterocycles. The Bertz CT molecular complexity index is 706. The van der Waals surface area contributed by atoms with Gasteiger partial charge in [-0.05, 0) is 30.3 Å². The lowest BCUT2D eigenvalue weighted by molar-refractivity contribution is 0.178. The molecule has 0 amide bonds. The molecule has 19 heavy (non-hydrogen) atoms. The fourth-order valence-corrected chi connectivity index (χ4v) is 1.88. The Labute approximate surface area is 109 Å². The number of methoxy groups -OCH3 is 1. The third kappa shape index (κ3) is 2.13. The Kier molecular flexibility index (Phi) is 2.85. The average molecular weight is 256 g/mol. The maximum absolute atomic E-state index is 9.33. The molecular formula is C13H12N4O2. The Morgan fingerprint density at radius 1 is 1.21 bits per heavy atom. The molecule has 0 saturated carbocycles. The minimum Gasteiger partial charge on any atom is -0.508 e. The lowest BCUT2D eigenvalue weighted by Crippen LogP contribution is -1.96. The fraction of sp³-hybridized carbons (Fsp3) is 0.154. The van der Waals surface area contributed by atoms with Crippen LogP contribution in [0.5, 0.6) is 5.75 Å². The number of aromatic nitrogens is 4. The Morgan fingerprint density at radius 3 is 2.74 bits per heavy atom. The predicted molar refractivity (Wildman–Crippen MR) is 68.6 cm³/mol. The van der Waals surface area contributed by atoms with E-state index in [1.807, 2.05) is 18.2 Å². The molecule has 3 aromatic rings. The van der Waals surface area contributed by atoms with Gasteiger partial charge in [0.1, 0.15) is 12.4 Å². The van der Waals surface area contributed by atoms with E-state index in [-0.39, 0.29) is 5.75 Å². The topological polar surface area (TPSA) is 72.5 Å². The van der Waals surface area contributed by atoms with Gasteiger partial charge in [0.25, 0.3) is 5.78 Å². The highest BCUT2D eigenvalue weighted by Crippen LogP contribution is 2.21. The lowest BCUT2D eigenvalue weighted by atomic mass is 10.1. The van der Waals surface area contributed by atoms with Gasteiger partial charge in [-0.1, -0.05) is 0 Å². The van der Waals surface area contributed by atoms with Gasteiger partial charge in [-0.2, -0.15) is 9.50 Å². The van der Waals surface area contributed by atoms with Gasteiger partial charge in [0.2, 0.25) is 0 Å². The third-order valence-electron chi connectivity index (χ3n) is 2.72. The number of hydrogen-bond donors (Lipinski definition) is 1. The fourth-order valence-electron chi connectivity index (χ4n) is 1.88. The Morgan fingerprint density at radius 2 is 2.00 bits per heavy atom. The maximum Gasteiger partial charge on any atom is 0.253 e. The van der Waals surface area contributed by atoms with E-state index >= 15 is 0 Å². The summed E-state index contributed by atoms with van der Waals surface area (Å²) in [6, 6.07) is 8.76. The van der Waals surface area contributed by atoms with Crippen molar-refractivity contribution in [3.63, 3.8) is 0 Å². The molecule has 0 fully saturated rings. The second-order valence-electron chi connectivity index (χ2n) is 4.05. The Balaban J connectivity index is 2.15. The number of ether oxygens (including phenoxy) is 1. The van der Waals surface area contributed by atoms with Gasteiger partial charge in [0.05, 0.1) is 5.69 Å². The summed E-state index contributed by atoms with van der Waals surface area (Å²) >= 11 is 0. The van der Waals surface area contributed by atoms with Crippen molar-refractivity contribution >= 4 is 5.78 Å². The number of rotatable bonds is 3. The number of nitrogens with zero attached hydrogens (tertiary/aromatic N) is 4. The van der Waals surface area contributed by atoms with Crippen molar-refractivity contribution in [1.82, 2.24) is 19.6 Å². The van der Waals surface area contributed by atoms with Gasteiger partial charge in [-0.25, -0.2) is 4.98 Å². The van der Waals surface area contributed by atoms with E-state index in [4.69, 9.17) is 4.74 Å². The third-order valence-corrected chi connectivity index (χ3v) is 2.72. The van der Waals surface area contributed by atoms with Crippen molar-refractivity contribution in [1.29, 1.82) is 0 Å². The molecule has 0 bridgehead atoms. The number of phenols is 1. The standard InChI is InChI=1S/C13H12N4O2/c1-19-8-12-15-13-14-7-6-11(17(13)16-12)9-2-4-10(18)5-3-9/h2-7,18H,8H2,1H3. The molecule has 0 atom stereocenters. The molecule has 2 aromatic heterocycles. The van der Waals surface area contributed by atoms with Crippen molar-refractivity contribution in [3.05, 3.63) is 42.4 Å². The van der Waals surface area contributed by atoms with E-state index in [2.05, 4.69) is 15.1 Å². The van der Waals surface area contributed by atoms with Crippen molar-refractivity contribution < 1.29 is 9.84 Å². The molecule has 0 aliphatic heterocycles. The number of aromatic hydroxyl groups is 1. The molecule has 6 heteroatoms. The second-order valence-corrected chi connectivity index (χ2v) is 4.05. The molecule has 96 valence electrons. The number of hydrogen-bond acceptors (Lipinski definition) is 5. The summed E-state index contributed by atoms with van der Waals surface area (Å²) in [6.07, 6.45) is 1.68. The number of fused-ring (bicyclic) bond motifs is 1. The summed E-state index contributed by atoms with van der Waals surface area (Å²) in [5.74, 6) is 1.34. The molecule has 3 rings (SSSR count). The van der Waals surface area contributed by atoms with E-state index in [1.54, 1.807) is 30.0 Å². The van der Waals surface area contributed by atoms with Crippen molar-refractivity contribution in [3.8, 4) is 17.0 Å². The summed E-state index contributed by atoms with van der Waals surface area (Å²) in [7, 11) is 1.60. The predicted octanol–water partition coefficient (Wildman–Crippen LogP) is 1.64. The van der Waals surface area contributed by atoms with Gasteiger partial charge < -0.3 is 9.84 Å². The molecular weight excluding hydrogens is 244 g/mol. The minimum atomic E-state index is 0.229. The molecule has 0 radical (unpaired) electrons. The molecule has 0 aliphatic rings. The van der Waals surface area contributed by atoms with Crippen LogP contribution in [0.4, 0.5) is 0 Å². The number of phenolic OH excluding ortho intramolecular Hbond substituents is 1. The van der Waals surface area contributed by atoms with Gasteiger partial charge in [0.15, 0.2) is 5.82 Å². The van der Waals surface area contributed by atoms with E-state index in [9.17, 15) is 5.11 Å². The quantitative estimate of drug-likeness (QED) is 0.771. The highest BCUT2D eigenvalue weighted by atomic mass is 16.5. The number of benzene rings is 1. The van der Waals surface area contributed by atoms with Crippen LogP contribution in [0, 0.1) is 0 Å². The molecule has 0 spiro atoms. The van der Waals surface area contributed by atoms with Crippen LogP contribution in [0.3, 0.4) is 0 Å². The zero-order chi connectivity index (χ0) is 13.2. The first-order valence-corrected chi connectivity index (χ1v) is 5.77. The second kappa shape index (κ2) is 4.66. The van der Waals surface area contributed by atoms with Crippen molar-refractivity contribution in [2.45, 2.75) is 6.61 Å². The van der Waals surface area contributed by atoms with E-state index in [0.29, 0.717) is 18.2 Å². The van der Waals surface area contributed by atoms with Crippen LogP contribution in [0.1, 0.15) is 5.82 Å². The first-order valence-electron chi connectivity index (χ1n) is 5.77. The molecule has 0 saturated heterocycles. The van der Waals surface area contributed by atoms with Crippen LogP contribution in [0.25, 0.3) is 17.0 Å². The van der Waals surface area contributed by atoms with Gasteiger partial charge in [-0.3, -0.25) is 0 Å². The Hall–Kier alpha value is -2.47. The van der Waals surface area contributed by atoms with E-state index in [1.165, 1.54) is 0 Å². The first kappa shape index (κ1) is 11.6. The normalized spacial score (nSPS) is 11.0. The van der Waals surface area contributed by atoms with E-state index < -0.39 is 0 Å². The summed E-state index contributed by atoms with van der Waals surface area (Å²) in [5.41, 5.74) is 1.79. The van der Waals surface area contributed by atoms with Crippen LogP contribution in [0.2, 0.25) is 0 Å². The molecule has 1 aromatic carbocycles. The molecule has 6 nitrogen and oxygen atoms in total. The molecule has 1 N–H and O–H groups in total. The lowest BCUT2D eigenvalue weighted by Gasteiger charge is -2.03. The van der Waals surface area contributed by atoms with E-state index in [0.717, 1.165) is 11.3 Å². The van der Waals surface area contributed by atoms with Crippen LogP contribution >= 0.6 is 0 Å². The van der Waals surface area contributed by atoms with Crippen molar-refractivity contribution in [2.75, 3.05) is 7.11 Å². The zero-order valence-corrected chi connectivity index (χ0v) is 10.3. The summed E-state index contributed by atoms with van der Waals surface area (Å²) in [5, 5.41) is 13.7. The van der Waals surface area contributed by atoms with Crippen LogP contribution in [-0.2, 0) is 11.3 Å². The SMILES string of the molecule is COCc1nc2nccc(-c3ccc(O)cc3)n2n1.